The lowest BCUT2D eigenvalue weighted by Crippen LogP contribution is -2.19. The monoisotopic (exact) mass is 277 g/mol. The van der Waals surface area contributed by atoms with Crippen LogP contribution in [0.4, 0.5) is 5.82 Å². The number of nitriles is 1. The maximum atomic E-state index is 11.8. The first kappa shape index (κ1) is 13.2. The van der Waals surface area contributed by atoms with Gasteiger partial charge in [0.25, 0.3) is 0 Å². The molecule has 7 nitrogen and oxygen atoms in total. The zero-order valence-electron chi connectivity index (χ0n) is 9.91. The highest BCUT2D eigenvalue weighted by molar-refractivity contribution is 7.07. The van der Waals surface area contributed by atoms with Gasteiger partial charge >= 0.3 is 0 Å². The van der Waals surface area contributed by atoms with Gasteiger partial charge in [0, 0.05) is 5.38 Å². The topological polar surface area (TPSA) is 104 Å². The molecule has 0 atom stereocenters. The van der Waals surface area contributed by atoms with E-state index in [1.165, 1.54) is 22.2 Å². The fraction of sp³-hybridized carbons (Fsp3) is 0.273. The molecule has 2 N–H and O–H groups in total. The first-order chi connectivity index (χ1) is 9.24. The zero-order valence-corrected chi connectivity index (χ0v) is 10.7. The minimum absolute atomic E-state index is 0.124. The Morgan fingerprint density at radius 2 is 2.47 bits per heavy atom. The number of thiazole rings is 1. The van der Waals surface area contributed by atoms with Gasteiger partial charge in [-0.1, -0.05) is 0 Å². The Morgan fingerprint density at radius 1 is 1.63 bits per heavy atom. The Bertz CT molecular complexity index is 599. The summed E-state index contributed by atoms with van der Waals surface area (Å²) in [5, 5.41) is 26.2. The number of aromatic nitrogens is 3. The molecule has 2 aromatic heterocycles. The van der Waals surface area contributed by atoms with E-state index in [4.69, 9.17) is 10.4 Å². The molecule has 0 aliphatic carbocycles. The van der Waals surface area contributed by atoms with E-state index >= 15 is 0 Å². The summed E-state index contributed by atoms with van der Waals surface area (Å²) in [7, 11) is 0. The highest BCUT2D eigenvalue weighted by Crippen LogP contribution is 2.14. The number of rotatable bonds is 5. The van der Waals surface area contributed by atoms with Gasteiger partial charge in [0.05, 0.1) is 37.0 Å². The number of carbonyl (C=O) groups excluding carboxylic acids is 1. The van der Waals surface area contributed by atoms with Crippen molar-refractivity contribution < 1.29 is 9.90 Å². The molecule has 1 amide bonds. The number of hydrogen-bond donors (Lipinski definition) is 2. The van der Waals surface area contributed by atoms with Gasteiger partial charge < -0.3 is 10.4 Å². The summed E-state index contributed by atoms with van der Waals surface area (Å²) in [5.41, 5.74) is 2.59. The van der Waals surface area contributed by atoms with Crippen LogP contribution >= 0.6 is 11.3 Å². The van der Waals surface area contributed by atoms with Gasteiger partial charge in [0.2, 0.25) is 5.91 Å². The molecule has 0 radical (unpaired) electrons. The van der Waals surface area contributed by atoms with Crippen molar-refractivity contribution in [3.05, 3.63) is 28.3 Å². The third-order valence-electron chi connectivity index (χ3n) is 2.35. The van der Waals surface area contributed by atoms with Crippen LogP contribution in [0.1, 0.15) is 11.3 Å². The van der Waals surface area contributed by atoms with Gasteiger partial charge in [0.15, 0.2) is 0 Å². The normalized spacial score (nSPS) is 10.1. The van der Waals surface area contributed by atoms with E-state index in [9.17, 15) is 4.79 Å². The summed E-state index contributed by atoms with van der Waals surface area (Å²) in [6, 6.07) is 1.95. The Morgan fingerprint density at radius 3 is 3.11 bits per heavy atom. The standard InChI is InChI=1S/C11H11N5O2S/c12-4-8-5-14-16(1-2-17)11(8)15-10(18)3-9-6-19-7-13-9/h5-7,17H,1-3H2,(H,15,18). The molecule has 2 heterocycles. The smallest absolute Gasteiger partial charge is 0.231 e. The van der Waals surface area contributed by atoms with Gasteiger partial charge in [-0.05, 0) is 0 Å². The van der Waals surface area contributed by atoms with Gasteiger partial charge in [-0.25, -0.2) is 9.67 Å². The molecule has 2 rings (SSSR count). The van der Waals surface area contributed by atoms with Crippen LogP contribution in [0, 0.1) is 11.3 Å². The summed E-state index contributed by atoms with van der Waals surface area (Å²) in [4.78, 5) is 15.9. The van der Waals surface area contributed by atoms with E-state index in [2.05, 4.69) is 15.4 Å². The van der Waals surface area contributed by atoms with Crippen molar-refractivity contribution in [1.82, 2.24) is 14.8 Å². The second-order valence-electron chi connectivity index (χ2n) is 3.67. The van der Waals surface area contributed by atoms with Crippen LogP contribution in [0.5, 0.6) is 0 Å². The molecule has 2 aromatic rings. The Labute approximate surface area is 113 Å². The van der Waals surface area contributed by atoms with Crippen molar-refractivity contribution >= 4 is 23.1 Å². The largest absolute Gasteiger partial charge is 0.394 e. The minimum Gasteiger partial charge on any atom is -0.394 e. The summed E-state index contributed by atoms with van der Waals surface area (Å²) < 4.78 is 1.39. The van der Waals surface area contributed by atoms with Crippen molar-refractivity contribution in [3.63, 3.8) is 0 Å². The Balaban J connectivity index is 2.11. The maximum absolute atomic E-state index is 11.8. The second-order valence-corrected chi connectivity index (χ2v) is 4.39. The zero-order chi connectivity index (χ0) is 13.7. The number of nitrogens with zero attached hydrogens (tertiary/aromatic N) is 4. The molecule has 0 saturated carbocycles. The summed E-state index contributed by atoms with van der Waals surface area (Å²) in [6.45, 7) is 0.0928. The molecule has 98 valence electrons. The van der Waals surface area contributed by atoms with Crippen LogP contribution in [0.25, 0.3) is 0 Å². The van der Waals surface area contributed by atoms with Crippen molar-refractivity contribution in [3.8, 4) is 6.07 Å². The number of aliphatic hydroxyl groups is 1. The lowest BCUT2D eigenvalue weighted by atomic mass is 10.3. The number of anilines is 1. The molecule has 0 bridgehead atoms. The maximum Gasteiger partial charge on any atom is 0.231 e. The quantitative estimate of drug-likeness (QED) is 0.822. The molecular formula is C11H11N5O2S. The lowest BCUT2D eigenvalue weighted by Gasteiger charge is -2.07. The fourth-order valence-corrected chi connectivity index (χ4v) is 2.09. The highest BCUT2D eigenvalue weighted by Gasteiger charge is 2.14. The number of nitrogens with one attached hydrogen (secondary N) is 1. The highest BCUT2D eigenvalue weighted by atomic mass is 32.1. The van der Waals surface area contributed by atoms with Gasteiger partial charge in [-0.3, -0.25) is 4.79 Å². The molecule has 0 fully saturated rings. The SMILES string of the molecule is N#Cc1cnn(CCO)c1NC(=O)Cc1cscn1. The predicted octanol–water partition coefficient (Wildman–Crippen LogP) is 0.385. The van der Waals surface area contributed by atoms with Crippen molar-refractivity contribution in [2.75, 3.05) is 11.9 Å². The molecule has 0 aromatic carbocycles. The molecule has 8 heteroatoms. The lowest BCUT2D eigenvalue weighted by molar-refractivity contribution is -0.115. The van der Waals surface area contributed by atoms with E-state index in [1.807, 2.05) is 6.07 Å². The third-order valence-corrected chi connectivity index (χ3v) is 2.99. The Kier molecular flexibility index (Phi) is 4.22. The van der Waals surface area contributed by atoms with Crippen LogP contribution < -0.4 is 5.32 Å². The first-order valence-corrected chi connectivity index (χ1v) is 6.42. The van der Waals surface area contributed by atoms with E-state index in [1.54, 1.807) is 10.9 Å². The Hall–Kier alpha value is -2.24. The van der Waals surface area contributed by atoms with Crippen molar-refractivity contribution in [2.24, 2.45) is 0 Å². The molecule has 19 heavy (non-hydrogen) atoms. The van der Waals surface area contributed by atoms with Crippen LogP contribution in [0.3, 0.4) is 0 Å². The third kappa shape index (κ3) is 3.15. The number of amides is 1. The van der Waals surface area contributed by atoms with Gasteiger partial charge in [-0.2, -0.15) is 10.4 Å². The van der Waals surface area contributed by atoms with Gasteiger partial charge in [-0.15, -0.1) is 11.3 Å². The van der Waals surface area contributed by atoms with Gasteiger partial charge in [0.1, 0.15) is 17.5 Å². The van der Waals surface area contributed by atoms with E-state index < -0.39 is 0 Å². The van der Waals surface area contributed by atoms with Crippen molar-refractivity contribution in [2.45, 2.75) is 13.0 Å². The van der Waals surface area contributed by atoms with Crippen LogP contribution in [-0.4, -0.2) is 32.4 Å². The second kappa shape index (κ2) is 6.08. The average molecular weight is 277 g/mol. The molecule has 0 spiro atoms. The van der Waals surface area contributed by atoms with Crippen LogP contribution in [-0.2, 0) is 17.8 Å². The molecule has 0 aliphatic rings. The predicted molar refractivity (Wildman–Crippen MR) is 68.5 cm³/mol. The minimum atomic E-state index is -0.276. The average Bonchev–Trinajstić information content (AvgIpc) is 3.01. The van der Waals surface area contributed by atoms with E-state index in [-0.39, 0.29) is 31.0 Å². The van der Waals surface area contributed by atoms with E-state index in [0.29, 0.717) is 11.5 Å². The van der Waals surface area contributed by atoms with Crippen LogP contribution in [0.2, 0.25) is 0 Å². The summed E-state index contributed by atoms with van der Waals surface area (Å²) >= 11 is 1.41. The number of carbonyl (C=O) groups is 1. The van der Waals surface area contributed by atoms with E-state index in [0.717, 1.165) is 0 Å². The van der Waals surface area contributed by atoms with Crippen LogP contribution in [0.15, 0.2) is 17.1 Å². The summed E-state index contributed by atoms with van der Waals surface area (Å²) in [6.07, 6.45) is 1.49. The molecule has 0 unspecified atom stereocenters. The molecular weight excluding hydrogens is 266 g/mol. The summed E-state index contributed by atoms with van der Waals surface area (Å²) in [5.74, 6) is 0.0267. The number of aliphatic hydroxyl groups excluding tert-OH is 1. The molecule has 0 aliphatic heterocycles. The van der Waals surface area contributed by atoms with Crippen molar-refractivity contribution in [1.29, 1.82) is 5.26 Å². The number of hydrogen-bond acceptors (Lipinski definition) is 6. The first-order valence-electron chi connectivity index (χ1n) is 5.48. The molecule has 0 saturated heterocycles. The fourth-order valence-electron chi connectivity index (χ4n) is 1.53.